The van der Waals surface area contributed by atoms with Crippen LogP contribution in [-0.2, 0) is 4.74 Å². The van der Waals surface area contributed by atoms with Crippen LogP contribution in [-0.4, -0.2) is 36.1 Å². The van der Waals surface area contributed by atoms with Crippen LogP contribution in [0.25, 0.3) is 22.5 Å². The molecule has 0 amide bonds. The molecule has 1 unspecified atom stereocenters. The summed E-state index contributed by atoms with van der Waals surface area (Å²) in [4.78, 5) is 9.23. The van der Waals surface area contributed by atoms with E-state index >= 15 is 0 Å². The highest BCUT2D eigenvalue weighted by atomic mass is 16.7. The van der Waals surface area contributed by atoms with Crippen molar-refractivity contribution in [1.29, 1.82) is 0 Å². The van der Waals surface area contributed by atoms with Gasteiger partial charge in [0, 0.05) is 43.2 Å². The third kappa shape index (κ3) is 8.45. The average molecular weight is 519 g/mol. The van der Waals surface area contributed by atoms with Crippen LogP contribution in [0.4, 0.5) is 0 Å². The van der Waals surface area contributed by atoms with Crippen molar-refractivity contribution >= 4 is 0 Å². The van der Waals surface area contributed by atoms with Gasteiger partial charge in [0.25, 0.3) is 0 Å². The molecule has 0 bridgehead atoms. The van der Waals surface area contributed by atoms with E-state index in [0.29, 0.717) is 12.4 Å². The molecule has 0 saturated heterocycles. The fourth-order valence-corrected chi connectivity index (χ4v) is 4.39. The number of ether oxygens (including phenoxy) is 4. The lowest BCUT2D eigenvalue weighted by Crippen LogP contribution is -2.17. The molecule has 0 spiro atoms. The van der Waals surface area contributed by atoms with Gasteiger partial charge in [-0.2, -0.15) is 0 Å². The molecule has 4 rings (SSSR count). The average Bonchev–Trinajstić information content (AvgIpc) is 3.37. The quantitative estimate of drug-likeness (QED) is 0.168. The Hall–Kier alpha value is -3.12. The van der Waals surface area contributed by atoms with Crippen molar-refractivity contribution < 1.29 is 18.9 Å². The van der Waals surface area contributed by atoms with E-state index in [0.717, 1.165) is 79.3 Å². The van der Waals surface area contributed by atoms with Gasteiger partial charge in [-0.15, -0.1) is 0 Å². The topological polar surface area (TPSA) is 62.7 Å². The lowest BCUT2D eigenvalue weighted by molar-refractivity contribution is 0.0395. The summed E-state index contributed by atoms with van der Waals surface area (Å²) in [7, 11) is 0. The van der Waals surface area contributed by atoms with E-state index < -0.39 is 0 Å². The Morgan fingerprint density at radius 1 is 0.658 bits per heavy atom. The fourth-order valence-electron chi connectivity index (χ4n) is 4.39. The first-order chi connectivity index (χ1) is 18.8. The van der Waals surface area contributed by atoms with E-state index in [1.807, 2.05) is 54.9 Å². The van der Waals surface area contributed by atoms with Crippen molar-refractivity contribution in [3.05, 3.63) is 54.9 Å². The van der Waals surface area contributed by atoms with Crippen LogP contribution < -0.4 is 14.2 Å². The number of unbranched alkanes of at least 4 members (excludes halogenated alkanes) is 6. The minimum absolute atomic E-state index is 0.193. The highest BCUT2D eigenvalue weighted by molar-refractivity contribution is 5.66. The zero-order chi connectivity index (χ0) is 26.4. The van der Waals surface area contributed by atoms with Crippen molar-refractivity contribution in [2.75, 3.05) is 19.8 Å². The van der Waals surface area contributed by atoms with E-state index in [4.69, 9.17) is 18.9 Å². The van der Waals surface area contributed by atoms with Gasteiger partial charge in [-0.1, -0.05) is 58.1 Å². The molecule has 1 aliphatic heterocycles. The summed E-state index contributed by atoms with van der Waals surface area (Å²) in [6.07, 6.45) is 14.9. The van der Waals surface area contributed by atoms with Crippen LogP contribution in [0.5, 0.6) is 17.2 Å². The number of fused-ring (bicyclic) bond motifs is 1. The zero-order valence-corrected chi connectivity index (χ0v) is 23.0. The van der Waals surface area contributed by atoms with Crippen LogP contribution >= 0.6 is 0 Å². The summed E-state index contributed by atoms with van der Waals surface area (Å²) < 4.78 is 23.5. The first kappa shape index (κ1) is 27.9. The van der Waals surface area contributed by atoms with E-state index in [1.54, 1.807) is 0 Å². The van der Waals surface area contributed by atoms with E-state index in [2.05, 4.69) is 23.8 Å². The molecule has 2 aromatic carbocycles. The van der Waals surface area contributed by atoms with Gasteiger partial charge in [0.05, 0.1) is 6.61 Å². The number of benzene rings is 2. The number of aromatic nitrogens is 2. The van der Waals surface area contributed by atoms with Crippen molar-refractivity contribution in [3.63, 3.8) is 0 Å². The maximum absolute atomic E-state index is 6.05. The molecule has 0 aliphatic carbocycles. The lowest BCUT2D eigenvalue weighted by atomic mass is 10.1. The van der Waals surface area contributed by atoms with Crippen molar-refractivity contribution in [2.24, 2.45) is 0 Å². The summed E-state index contributed by atoms with van der Waals surface area (Å²) in [5, 5.41) is 0. The molecule has 6 heteroatoms. The largest absolute Gasteiger partial charge is 0.494 e. The van der Waals surface area contributed by atoms with Crippen molar-refractivity contribution in [2.45, 2.75) is 84.3 Å². The van der Waals surface area contributed by atoms with Crippen molar-refractivity contribution in [3.8, 4) is 39.8 Å². The second kappa shape index (κ2) is 15.3. The smallest absolute Gasteiger partial charge is 0.241 e. The van der Waals surface area contributed by atoms with Gasteiger partial charge in [-0.05, 0) is 61.6 Å². The molecule has 204 valence electrons. The predicted octanol–water partition coefficient (Wildman–Crippen LogP) is 8.24. The molecule has 38 heavy (non-hydrogen) atoms. The molecule has 1 aromatic heterocycles. The number of hydrogen-bond donors (Lipinski definition) is 0. The molecule has 1 aliphatic rings. The third-order valence-corrected chi connectivity index (χ3v) is 6.70. The molecule has 3 aromatic rings. The molecule has 0 N–H and O–H groups in total. The molecule has 2 heterocycles. The first-order valence-corrected chi connectivity index (χ1v) is 14.4. The Bertz CT molecular complexity index is 1090. The predicted molar refractivity (Wildman–Crippen MR) is 152 cm³/mol. The SMILES string of the molecule is CCCCCCCC1Oc2ccc(-c3ncc(-c4ccc(OCCCCOCCCC)cc4)cn3)cc2O1. The monoisotopic (exact) mass is 518 g/mol. The Morgan fingerprint density at radius 2 is 1.34 bits per heavy atom. The highest BCUT2D eigenvalue weighted by Gasteiger charge is 2.24. The van der Waals surface area contributed by atoms with E-state index in [9.17, 15) is 0 Å². The Kier molecular flexibility index (Phi) is 11.3. The van der Waals surface area contributed by atoms with Crippen LogP contribution in [0.15, 0.2) is 54.9 Å². The van der Waals surface area contributed by atoms with Crippen LogP contribution in [0.2, 0.25) is 0 Å². The van der Waals surface area contributed by atoms with Gasteiger partial charge < -0.3 is 18.9 Å². The van der Waals surface area contributed by atoms with Gasteiger partial charge in [0.15, 0.2) is 17.3 Å². The minimum atomic E-state index is -0.193. The zero-order valence-electron chi connectivity index (χ0n) is 23.0. The number of nitrogens with zero attached hydrogens (tertiary/aromatic N) is 2. The number of rotatable bonds is 17. The maximum Gasteiger partial charge on any atom is 0.241 e. The normalized spacial score (nSPS) is 14.1. The van der Waals surface area contributed by atoms with Crippen LogP contribution in [0, 0.1) is 0 Å². The lowest BCUT2D eigenvalue weighted by Gasteiger charge is -2.09. The van der Waals surface area contributed by atoms with Gasteiger partial charge in [0.1, 0.15) is 5.75 Å². The summed E-state index contributed by atoms with van der Waals surface area (Å²) in [6.45, 7) is 6.78. The molecule has 6 nitrogen and oxygen atoms in total. The van der Waals surface area contributed by atoms with Gasteiger partial charge in [-0.25, -0.2) is 9.97 Å². The summed E-state index contributed by atoms with van der Waals surface area (Å²) >= 11 is 0. The van der Waals surface area contributed by atoms with Gasteiger partial charge in [-0.3, -0.25) is 0 Å². The summed E-state index contributed by atoms with van der Waals surface area (Å²) in [6, 6.07) is 14.0. The molecular weight excluding hydrogens is 476 g/mol. The summed E-state index contributed by atoms with van der Waals surface area (Å²) in [5.74, 6) is 3.11. The molecule has 1 atom stereocenters. The Balaban J connectivity index is 1.24. The fraction of sp³-hybridized carbons (Fsp3) is 0.500. The Morgan fingerprint density at radius 3 is 2.13 bits per heavy atom. The minimum Gasteiger partial charge on any atom is -0.494 e. The second-order valence-corrected chi connectivity index (χ2v) is 9.87. The standard InChI is InChI=1S/C32H42N2O4/c1-3-5-7-8-9-12-31-37-29-18-15-26(22-30(29)38-31)32-33-23-27(24-34-32)25-13-16-28(17-14-25)36-21-11-10-20-35-19-6-4-2/h13-18,22-24,31H,3-12,19-21H2,1-2H3. The summed E-state index contributed by atoms with van der Waals surface area (Å²) in [5.41, 5.74) is 2.94. The van der Waals surface area contributed by atoms with Crippen molar-refractivity contribution in [1.82, 2.24) is 9.97 Å². The Labute approximate surface area is 227 Å². The maximum atomic E-state index is 6.05. The van der Waals surface area contributed by atoms with Gasteiger partial charge in [0.2, 0.25) is 6.29 Å². The van der Waals surface area contributed by atoms with E-state index in [1.165, 1.54) is 32.1 Å². The molecule has 0 fully saturated rings. The highest BCUT2D eigenvalue weighted by Crippen LogP contribution is 2.38. The van der Waals surface area contributed by atoms with Crippen LogP contribution in [0.3, 0.4) is 0 Å². The van der Waals surface area contributed by atoms with Crippen LogP contribution in [0.1, 0.15) is 78.1 Å². The second-order valence-electron chi connectivity index (χ2n) is 9.87. The first-order valence-electron chi connectivity index (χ1n) is 14.4. The molecule has 0 radical (unpaired) electrons. The number of hydrogen-bond acceptors (Lipinski definition) is 6. The third-order valence-electron chi connectivity index (χ3n) is 6.70. The molecule has 0 saturated carbocycles. The molecular formula is C32H42N2O4. The van der Waals surface area contributed by atoms with Gasteiger partial charge >= 0.3 is 0 Å². The van der Waals surface area contributed by atoms with E-state index in [-0.39, 0.29) is 6.29 Å².